The minimum atomic E-state index is -0.272. The van der Waals surface area contributed by atoms with Crippen molar-refractivity contribution >= 4 is 39.2 Å². The summed E-state index contributed by atoms with van der Waals surface area (Å²) in [6.07, 6.45) is 3.56. The average Bonchev–Trinajstić information content (AvgIpc) is 2.67. The molecule has 1 saturated heterocycles. The van der Waals surface area contributed by atoms with Crippen LogP contribution in [0.4, 0.5) is 17.3 Å². The van der Waals surface area contributed by atoms with Crippen LogP contribution < -0.4 is 21.5 Å². The van der Waals surface area contributed by atoms with Crippen LogP contribution in [0.5, 0.6) is 0 Å². The number of anilines is 3. The summed E-state index contributed by atoms with van der Waals surface area (Å²) < 4.78 is 0.911. The quantitative estimate of drug-likeness (QED) is 0.620. The van der Waals surface area contributed by atoms with Crippen LogP contribution in [0, 0.1) is 0 Å². The van der Waals surface area contributed by atoms with Gasteiger partial charge in [0.25, 0.3) is 5.91 Å². The highest BCUT2D eigenvalue weighted by Crippen LogP contribution is 2.28. The van der Waals surface area contributed by atoms with E-state index in [9.17, 15) is 4.79 Å². The summed E-state index contributed by atoms with van der Waals surface area (Å²) in [6.45, 7) is 2.10. The summed E-state index contributed by atoms with van der Waals surface area (Å²) in [5.74, 6) is 0.774. The Morgan fingerprint density at radius 1 is 1.26 bits per heavy atom. The van der Waals surface area contributed by atoms with E-state index in [1.165, 1.54) is 6.33 Å². The van der Waals surface area contributed by atoms with Crippen molar-refractivity contribution in [2.75, 3.05) is 43.2 Å². The molecule has 1 fully saturated rings. The Morgan fingerprint density at radius 2 is 1.93 bits per heavy atom. The number of nitrogens with one attached hydrogen (secondary N) is 2. The number of hydrogen-bond acceptors (Lipinski definition) is 7. The summed E-state index contributed by atoms with van der Waals surface area (Å²) in [5, 5.41) is 0. The zero-order chi connectivity index (χ0) is 19.4. The largest absolute Gasteiger partial charge is 0.393 e. The number of nitrogen functional groups attached to an aromatic ring is 1. The Morgan fingerprint density at radius 3 is 2.59 bits per heavy atom. The van der Waals surface area contributed by atoms with Crippen LogP contribution >= 0.6 is 15.9 Å². The maximum atomic E-state index is 12.2. The molecular formula is C18H24BrN7O. The standard InChI is InChI=1S/C18H24BrN7O/c1-25-9-7-14(8-10-25)26(2)17-15(20)16(21-11-22-17)23-24-18(27)12-3-5-13(19)6-4-12/h3-6,11,14H,7-10,20H2,1-2H3,(H,24,27)(H,21,22,23). The fourth-order valence-electron chi connectivity index (χ4n) is 3.11. The van der Waals surface area contributed by atoms with E-state index in [2.05, 4.69) is 53.6 Å². The predicted molar refractivity (Wildman–Crippen MR) is 111 cm³/mol. The first-order valence-corrected chi connectivity index (χ1v) is 9.58. The number of nitrogens with zero attached hydrogens (tertiary/aromatic N) is 4. The van der Waals surface area contributed by atoms with E-state index in [-0.39, 0.29) is 5.91 Å². The highest BCUT2D eigenvalue weighted by Gasteiger charge is 2.24. The van der Waals surface area contributed by atoms with Gasteiger partial charge in [-0.3, -0.25) is 15.6 Å². The molecule has 0 spiro atoms. The van der Waals surface area contributed by atoms with Gasteiger partial charge in [-0.2, -0.15) is 0 Å². The minimum Gasteiger partial charge on any atom is -0.393 e. The number of rotatable bonds is 5. The molecule has 2 heterocycles. The molecule has 0 aliphatic carbocycles. The summed E-state index contributed by atoms with van der Waals surface area (Å²) in [6, 6.07) is 7.45. The molecule has 27 heavy (non-hydrogen) atoms. The summed E-state index contributed by atoms with van der Waals surface area (Å²) >= 11 is 3.35. The molecule has 2 aromatic rings. The second-order valence-electron chi connectivity index (χ2n) is 6.69. The number of benzene rings is 1. The van der Waals surface area contributed by atoms with Crippen molar-refractivity contribution in [1.29, 1.82) is 0 Å². The van der Waals surface area contributed by atoms with Crippen molar-refractivity contribution in [1.82, 2.24) is 20.3 Å². The van der Waals surface area contributed by atoms with Crippen molar-refractivity contribution in [2.24, 2.45) is 0 Å². The molecule has 1 aromatic carbocycles. The molecule has 144 valence electrons. The van der Waals surface area contributed by atoms with E-state index in [1.54, 1.807) is 12.1 Å². The first kappa shape index (κ1) is 19.4. The Kier molecular flexibility index (Phi) is 6.12. The zero-order valence-corrected chi connectivity index (χ0v) is 17.0. The Labute approximate surface area is 167 Å². The second-order valence-corrected chi connectivity index (χ2v) is 7.61. The second kappa shape index (κ2) is 8.53. The maximum absolute atomic E-state index is 12.2. The number of amides is 1. The minimum absolute atomic E-state index is 0.272. The van der Waals surface area contributed by atoms with Crippen molar-refractivity contribution in [3.8, 4) is 0 Å². The first-order valence-electron chi connectivity index (χ1n) is 8.79. The first-order chi connectivity index (χ1) is 13.0. The highest BCUT2D eigenvalue weighted by molar-refractivity contribution is 9.10. The van der Waals surface area contributed by atoms with Gasteiger partial charge in [0.1, 0.15) is 12.0 Å². The normalized spacial score (nSPS) is 15.4. The fourth-order valence-corrected chi connectivity index (χ4v) is 3.38. The van der Waals surface area contributed by atoms with E-state index in [0.717, 1.165) is 30.4 Å². The lowest BCUT2D eigenvalue weighted by atomic mass is 10.0. The monoisotopic (exact) mass is 433 g/mol. The Balaban J connectivity index is 1.67. The summed E-state index contributed by atoms with van der Waals surface area (Å²) in [4.78, 5) is 25.2. The third-order valence-corrected chi connectivity index (χ3v) is 5.36. The topological polar surface area (TPSA) is 99.4 Å². The number of hydrazine groups is 1. The van der Waals surface area contributed by atoms with Crippen LogP contribution in [0.3, 0.4) is 0 Å². The number of carbonyl (C=O) groups is 1. The van der Waals surface area contributed by atoms with Gasteiger partial charge >= 0.3 is 0 Å². The van der Waals surface area contributed by atoms with Gasteiger partial charge in [-0.25, -0.2) is 9.97 Å². The molecule has 1 aliphatic heterocycles. The van der Waals surface area contributed by atoms with E-state index in [4.69, 9.17) is 5.73 Å². The summed E-state index contributed by atoms with van der Waals surface area (Å²) in [7, 11) is 4.13. The average molecular weight is 434 g/mol. The number of aromatic nitrogens is 2. The lowest BCUT2D eigenvalue weighted by Crippen LogP contribution is -2.42. The molecule has 0 radical (unpaired) electrons. The van der Waals surface area contributed by atoms with Crippen molar-refractivity contribution in [3.05, 3.63) is 40.6 Å². The van der Waals surface area contributed by atoms with E-state index < -0.39 is 0 Å². The van der Waals surface area contributed by atoms with E-state index in [0.29, 0.717) is 28.9 Å². The van der Waals surface area contributed by atoms with Gasteiger partial charge in [-0.1, -0.05) is 15.9 Å². The van der Waals surface area contributed by atoms with Crippen molar-refractivity contribution in [2.45, 2.75) is 18.9 Å². The smallest absolute Gasteiger partial charge is 0.269 e. The van der Waals surface area contributed by atoms with Gasteiger partial charge in [0.05, 0.1) is 0 Å². The predicted octanol–water partition coefficient (Wildman–Crippen LogP) is 2.11. The van der Waals surface area contributed by atoms with Crippen LogP contribution in [0.15, 0.2) is 35.1 Å². The number of carbonyl (C=O) groups excluding carboxylic acids is 1. The maximum Gasteiger partial charge on any atom is 0.269 e. The highest BCUT2D eigenvalue weighted by atomic mass is 79.9. The molecule has 0 bridgehead atoms. The molecule has 0 atom stereocenters. The number of piperidine rings is 1. The molecule has 4 N–H and O–H groups in total. The lowest BCUT2D eigenvalue weighted by Gasteiger charge is -2.36. The van der Waals surface area contributed by atoms with Crippen molar-refractivity contribution in [3.63, 3.8) is 0 Å². The molecule has 1 aliphatic rings. The number of likely N-dealkylation sites (tertiary alicyclic amines) is 1. The number of hydrogen-bond donors (Lipinski definition) is 3. The molecule has 3 rings (SSSR count). The van der Waals surface area contributed by atoms with Gasteiger partial charge < -0.3 is 15.5 Å². The Hall–Kier alpha value is -2.39. The van der Waals surface area contributed by atoms with Crippen LogP contribution in [0.1, 0.15) is 23.2 Å². The van der Waals surface area contributed by atoms with Gasteiger partial charge in [-0.05, 0) is 57.2 Å². The third-order valence-electron chi connectivity index (χ3n) is 4.83. The van der Waals surface area contributed by atoms with Gasteiger partial charge in [0, 0.05) is 23.1 Å². The van der Waals surface area contributed by atoms with Crippen molar-refractivity contribution < 1.29 is 4.79 Å². The SMILES string of the molecule is CN1CCC(N(C)c2ncnc(NNC(=O)c3ccc(Br)cc3)c2N)CC1. The van der Waals surface area contributed by atoms with E-state index >= 15 is 0 Å². The van der Waals surface area contributed by atoms with Crippen LogP contribution in [0.25, 0.3) is 0 Å². The summed E-state index contributed by atoms with van der Waals surface area (Å²) in [5.41, 5.74) is 12.6. The molecule has 1 amide bonds. The number of nitrogens with two attached hydrogens (primary N) is 1. The zero-order valence-electron chi connectivity index (χ0n) is 15.4. The molecule has 8 nitrogen and oxygen atoms in total. The Bertz CT molecular complexity index is 791. The lowest BCUT2D eigenvalue weighted by molar-refractivity contribution is 0.0962. The fraction of sp³-hybridized carbons (Fsp3) is 0.389. The number of halogens is 1. The molecular weight excluding hydrogens is 410 g/mol. The molecule has 0 saturated carbocycles. The van der Waals surface area contributed by atoms with Gasteiger partial charge in [0.15, 0.2) is 11.6 Å². The van der Waals surface area contributed by atoms with Crippen LogP contribution in [-0.2, 0) is 0 Å². The van der Waals surface area contributed by atoms with Crippen LogP contribution in [0.2, 0.25) is 0 Å². The molecule has 1 aromatic heterocycles. The van der Waals surface area contributed by atoms with Crippen LogP contribution in [-0.4, -0.2) is 54.0 Å². The van der Waals surface area contributed by atoms with E-state index in [1.807, 2.05) is 19.2 Å². The molecule has 0 unspecified atom stereocenters. The molecule has 9 heteroatoms. The van der Waals surface area contributed by atoms with Gasteiger partial charge in [-0.15, -0.1) is 0 Å². The third kappa shape index (κ3) is 4.67. The van der Waals surface area contributed by atoms with Gasteiger partial charge in [0.2, 0.25) is 0 Å².